The van der Waals surface area contributed by atoms with Crippen LogP contribution in [0.5, 0.6) is 0 Å². The maximum absolute atomic E-state index is 10.4. The number of anilines is 2. The number of pyridine rings is 1. The Bertz CT molecular complexity index is 995. The summed E-state index contributed by atoms with van der Waals surface area (Å²) in [4.78, 5) is 16.4. The summed E-state index contributed by atoms with van der Waals surface area (Å²) in [7, 11) is 0. The largest absolute Gasteiger partial charge is 0.394 e. The van der Waals surface area contributed by atoms with Crippen LogP contribution < -0.4 is 11.2 Å². The zero-order valence-electron chi connectivity index (χ0n) is 14.5. The Hall–Kier alpha value is -3.19. The lowest BCUT2D eigenvalue weighted by molar-refractivity contribution is -0.0501. The number of hydrazone groups is 1. The second kappa shape index (κ2) is 7.44. The zero-order chi connectivity index (χ0) is 19.7. The van der Waals surface area contributed by atoms with Crippen LogP contribution in [0.4, 0.5) is 11.8 Å². The number of ether oxygens (including phenoxy) is 1. The van der Waals surface area contributed by atoms with Gasteiger partial charge in [0.05, 0.1) is 12.8 Å². The summed E-state index contributed by atoms with van der Waals surface area (Å²) in [5, 5.41) is 34.0. The SMILES string of the molecule is Nc1ncnc2c1nc(N/N=C\c1cccnc1)n2[C@@H]1O[C@@H](CO)[C@@H](O)[C@@H]1O. The highest BCUT2D eigenvalue weighted by atomic mass is 16.6. The summed E-state index contributed by atoms with van der Waals surface area (Å²) in [5.41, 5.74) is 9.95. The molecule has 0 aromatic carbocycles. The molecular weight excluding hydrogens is 368 g/mol. The molecule has 0 amide bonds. The first-order valence-corrected chi connectivity index (χ1v) is 8.40. The molecule has 1 fully saturated rings. The molecule has 1 aliphatic rings. The van der Waals surface area contributed by atoms with Gasteiger partial charge in [0, 0.05) is 18.0 Å². The van der Waals surface area contributed by atoms with E-state index < -0.39 is 31.1 Å². The van der Waals surface area contributed by atoms with Crippen molar-refractivity contribution < 1.29 is 20.1 Å². The molecule has 0 radical (unpaired) electrons. The number of hydrogen-bond acceptors (Lipinski definition) is 11. The second-order valence-electron chi connectivity index (χ2n) is 6.12. The van der Waals surface area contributed by atoms with E-state index in [9.17, 15) is 15.3 Å². The van der Waals surface area contributed by atoms with Crippen LogP contribution in [0.2, 0.25) is 0 Å². The molecule has 6 N–H and O–H groups in total. The number of aromatic nitrogens is 5. The Labute approximate surface area is 158 Å². The normalized spacial score (nSPS) is 25.0. The third kappa shape index (κ3) is 3.14. The van der Waals surface area contributed by atoms with Crippen LogP contribution in [0.25, 0.3) is 11.2 Å². The Morgan fingerprint density at radius 3 is 2.89 bits per heavy atom. The van der Waals surface area contributed by atoms with Crippen molar-refractivity contribution in [2.75, 3.05) is 17.8 Å². The van der Waals surface area contributed by atoms with E-state index in [0.29, 0.717) is 0 Å². The predicted octanol–water partition coefficient (Wildman–Crippen LogP) is -1.14. The molecule has 0 spiro atoms. The van der Waals surface area contributed by atoms with Crippen molar-refractivity contribution in [3.63, 3.8) is 0 Å². The fourth-order valence-corrected chi connectivity index (χ4v) is 2.96. The number of aliphatic hydroxyl groups is 3. The average molecular weight is 386 g/mol. The first-order chi connectivity index (χ1) is 13.6. The summed E-state index contributed by atoms with van der Waals surface area (Å²) in [6, 6.07) is 3.59. The molecule has 0 aliphatic carbocycles. The summed E-state index contributed by atoms with van der Waals surface area (Å²) < 4.78 is 7.02. The molecule has 4 heterocycles. The van der Waals surface area contributed by atoms with Gasteiger partial charge in [-0.1, -0.05) is 6.07 Å². The highest BCUT2D eigenvalue weighted by Gasteiger charge is 2.45. The number of nitrogens with two attached hydrogens (primary N) is 1. The van der Waals surface area contributed by atoms with Gasteiger partial charge in [-0.3, -0.25) is 9.55 Å². The van der Waals surface area contributed by atoms with Crippen molar-refractivity contribution in [3.8, 4) is 0 Å². The third-order valence-corrected chi connectivity index (χ3v) is 4.34. The van der Waals surface area contributed by atoms with E-state index in [1.54, 1.807) is 18.5 Å². The number of nitrogen functional groups attached to an aromatic ring is 1. The van der Waals surface area contributed by atoms with Crippen molar-refractivity contribution in [1.29, 1.82) is 0 Å². The molecule has 4 rings (SSSR count). The Kier molecular flexibility index (Phi) is 4.83. The number of hydrogen-bond donors (Lipinski definition) is 5. The van der Waals surface area contributed by atoms with E-state index in [2.05, 4.69) is 30.5 Å². The molecule has 0 saturated carbocycles. The number of aliphatic hydroxyl groups excluding tert-OH is 3. The smallest absolute Gasteiger partial charge is 0.228 e. The molecule has 1 saturated heterocycles. The molecule has 3 aromatic rings. The number of imidazole rings is 1. The molecule has 146 valence electrons. The quantitative estimate of drug-likeness (QED) is 0.266. The van der Waals surface area contributed by atoms with Crippen molar-refractivity contribution >= 4 is 29.1 Å². The minimum Gasteiger partial charge on any atom is -0.394 e. The fraction of sp³-hybridized carbons (Fsp3) is 0.312. The van der Waals surface area contributed by atoms with E-state index in [1.165, 1.54) is 17.1 Å². The maximum Gasteiger partial charge on any atom is 0.228 e. The van der Waals surface area contributed by atoms with Crippen LogP contribution >= 0.6 is 0 Å². The van der Waals surface area contributed by atoms with Crippen molar-refractivity contribution in [2.45, 2.75) is 24.5 Å². The molecule has 12 heteroatoms. The van der Waals surface area contributed by atoms with Gasteiger partial charge < -0.3 is 25.8 Å². The standard InChI is InChI=1S/C16H18N8O4/c17-13-10-14(20-7-19-13)24(15-12(27)11(26)9(6-25)28-15)16(22-10)23-21-5-8-2-1-3-18-4-8/h1-5,7,9,11-12,15,25-27H,6H2,(H,22,23)(H2,17,19,20)/b21-5-/t9-,11+,12-,15+/m0/s1. The topological polar surface area (TPSA) is 177 Å². The van der Waals surface area contributed by atoms with E-state index >= 15 is 0 Å². The van der Waals surface area contributed by atoms with E-state index in [4.69, 9.17) is 10.5 Å². The molecule has 4 atom stereocenters. The van der Waals surface area contributed by atoms with Crippen LogP contribution in [0.3, 0.4) is 0 Å². The van der Waals surface area contributed by atoms with E-state index in [-0.39, 0.29) is 22.9 Å². The molecule has 12 nitrogen and oxygen atoms in total. The summed E-state index contributed by atoms with van der Waals surface area (Å²) in [5.74, 6) is 0.298. The van der Waals surface area contributed by atoms with Crippen LogP contribution in [0.1, 0.15) is 11.8 Å². The molecule has 1 aliphatic heterocycles. The van der Waals surface area contributed by atoms with E-state index in [0.717, 1.165) is 5.56 Å². The summed E-state index contributed by atoms with van der Waals surface area (Å²) >= 11 is 0. The van der Waals surface area contributed by atoms with Gasteiger partial charge in [0.15, 0.2) is 23.2 Å². The lowest BCUT2D eigenvalue weighted by Crippen LogP contribution is -2.33. The molecule has 0 unspecified atom stereocenters. The highest BCUT2D eigenvalue weighted by Crippen LogP contribution is 2.35. The first kappa shape index (κ1) is 18.2. The third-order valence-electron chi connectivity index (χ3n) is 4.34. The Balaban J connectivity index is 1.73. The minimum atomic E-state index is -1.33. The predicted molar refractivity (Wildman–Crippen MR) is 98.2 cm³/mol. The minimum absolute atomic E-state index is 0.134. The number of nitrogens with zero attached hydrogens (tertiary/aromatic N) is 6. The van der Waals surface area contributed by atoms with Gasteiger partial charge in [0.2, 0.25) is 5.95 Å². The number of nitrogens with one attached hydrogen (secondary N) is 1. The average Bonchev–Trinajstić information content (AvgIpc) is 3.21. The van der Waals surface area contributed by atoms with Crippen molar-refractivity contribution in [2.24, 2.45) is 5.10 Å². The Morgan fingerprint density at radius 1 is 1.32 bits per heavy atom. The van der Waals surface area contributed by atoms with Crippen LogP contribution in [-0.4, -0.2) is 71.0 Å². The summed E-state index contributed by atoms with van der Waals surface area (Å²) in [6.45, 7) is -0.458. The van der Waals surface area contributed by atoms with Gasteiger partial charge in [-0.2, -0.15) is 5.10 Å². The van der Waals surface area contributed by atoms with Crippen molar-refractivity contribution in [3.05, 3.63) is 36.4 Å². The van der Waals surface area contributed by atoms with Gasteiger partial charge in [-0.05, 0) is 6.07 Å². The highest BCUT2D eigenvalue weighted by molar-refractivity contribution is 5.84. The summed E-state index contributed by atoms with van der Waals surface area (Å²) in [6.07, 6.45) is 1.43. The van der Waals surface area contributed by atoms with Gasteiger partial charge in [-0.15, -0.1) is 0 Å². The zero-order valence-corrected chi connectivity index (χ0v) is 14.5. The van der Waals surface area contributed by atoms with Crippen LogP contribution in [0.15, 0.2) is 36.0 Å². The van der Waals surface area contributed by atoms with Gasteiger partial charge in [0.1, 0.15) is 24.6 Å². The van der Waals surface area contributed by atoms with Gasteiger partial charge in [-0.25, -0.2) is 20.4 Å². The van der Waals surface area contributed by atoms with E-state index in [1.807, 2.05) is 6.07 Å². The van der Waals surface area contributed by atoms with Crippen LogP contribution in [-0.2, 0) is 4.74 Å². The van der Waals surface area contributed by atoms with Gasteiger partial charge >= 0.3 is 0 Å². The lowest BCUT2D eigenvalue weighted by Gasteiger charge is -2.18. The molecule has 3 aromatic heterocycles. The first-order valence-electron chi connectivity index (χ1n) is 8.40. The maximum atomic E-state index is 10.4. The fourth-order valence-electron chi connectivity index (χ4n) is 2.96. The molecule has 28 heavy (non-hydrogen) atoms. The molecule has 0 bridgehead atoms. The van der Waals surface area contributed by atoms with Crippen LogP contribution in [0, 0.1) is 0 Å². The van der Waals surface area contributed by atoms with Crippen molar-refractivity contribution in [1.82, 2.24) is 24.5 Å². The monoisotopic (exact) mass is 386 g/mol. The number of rotatable bonds is 5. The number of fused-ring (bicyclic) bond motifs is 1. The Morgan fingerprint density at radius 2 is 2.18 bits per heavy atom. The second-order valence-corrected chi connectivity index (χ2v) is 6.12. The molecular formula is C16H18N8O4. The van der Waals surface area contributed by atoms with Gasteiger partial charge in [0.25, 0.3) is 0 Å². The lowest BCUT2D eigenvalue weighted by atomic mass is 10.1.